The zero-order valence-electron chi connectivity index (χ0n) is 11.4. The van der Waals surface area contributed by atoms with Crippen molar-refractivity contribution >= 4 is 5.91 Å². The zero-order valence-corrected chi connectivity index (χ0v) is 11.4. The number of rotatable bonds is 7. The van der Waals surface area contributed by atoms with Crippen molar-refractivity contribution in [2.75, 3.05) is 13.1 Å². The van der Waals surface area contributed by atoms with Gasteiger partial charge in [0.05, 0.1) is 0 Å². The molecule has 1 fully saturated rings. The highest BCUT2D eigenvalue weighted by Crippen LogP contribution is 2.25. The Balaban J connectivity index is 1.91. The van der Waals surface area contributed by atoms with E-state index in [4.69, 9.17) is 0 Å². The summed E-state index contributed by atoms with van der Waals surface area (Å²) in [7, 11) is 0. The normalized spacial score (nSPS) is 17.4. The average molecular weight is 240 g/mol. The summed E-state index contributed by atoms with van der Waals surface area (Å²) in [5.41, 5.74) is 0. The fourth-order valence-electron chi connectivity index (χ4n) is 2.50. The molecule has 1 rings (SSSR count). The van der Waals surface area contributed by atoms with E-state index in [-0.39, 0.29) is 11.9 Å². The molecule has 17 heavy (non-hydrogen) atoms. The molecule has 0 unspecified atom stereocenters. The fraction of sp³-hybridized carbons (Fsp3) is 0.929. The SMILES string of the molecule is CC(C)NC(=O)CCNCCC1CCCCC1. The van der Waals surface area contributed by atoms with E-state index >= 15 is 0 Å². The average Bonchev–Trinajstić information content (AvgIpc) is 2.29. The molecular weight excluding hydrogens is 212 g/mol. The molecule has 0 heterocycles. The molecule has 0 aromatic rings. The molecule has 0 aliphatic heterocycles. The third-order valence-corrected chi connectivity index (χ3v) is 3.43. The lowest BCUT2D eigenvalue weighted by molar-refractivity contribution is -0.121. The molecule has 100 valence electrons. The predicted octanol–water partition coefficient (Wildman–Crippen LogP) is 2.46. The number of hydrogen-bond acceptors (Lipinski definition) is 2. The maximum Gasteiger partial charge on any atom is 0.221 e. The molecule has 0 saturated heterocycles. The van der Waals surface area contributed by atoms with Gasteiger partial charge in [0.25, 0.3) is 0 Å². The fourth-order valence-corrected chi connectivity index (χ4v) is 2.50. The topological polar surface area (TPSA) is 41.1 Å². The van der Waals surface area contributed by atoms with Gasteiger partial charge in [-0.05, 0) is 32.7 Å². The van der Waals surface area contributed by atoms with E-state index in [9.17, 15) is 4.79 Å². The molecule has 1 aliphatic rings. The van der Waals surface area contributed by atoms with Crippen LogP contribution in [0.1, 0.15) is 58.8 Å². The maximum absolute atomic E-state index is 11.4. The molecule has 2 N–H and O–H groups in total. The van der Waals surface area contributed by atoms with Crippen LogP contribution in [0.3, 0.4) is 0 Å². The van der Waals surface area contributed by atoms with E-state index < -0.39 is 0 Å². The van der Waals surface area contributed by atoms with Gasteiger partial charge < -0.3 is 10.6 Å². The van der Waals surface area contributed by atoms with Gasteiger partial charge in [0, 0.05) is 19.0 Å². The van der Waals surface area contributed by atoms with Gasteiger partial charge in [-0.15, -0.1) is 0 Å². The van der Waals surface area contributed by atoms with Crippen molar-refractivity contribution in [2.45, 2.75) is 64.8 Å². The van der Waals surface area contributed by atoms with Crippen LogP contribution in [0.2, 0.25) is 0 Å². The second kappa shape index (κ2) is 8.51. The minimum absolute atomic E-state index is 0.158. The van der Waals surface area contributed by atoms with Crippen molar-refractivity contribution in [2.24, 2.45) is 5.92 Å². The van der Waals surface area contributed by atoms with E-state index in [2.05, 4.69) is 10.6 Å². The Hall–Kier alpha value is -0.570. The lowest BCUT2D eigenvalue weighted by atomic mass is 9.87. The molecule has 0 bridgehead atoms. The van der Waals surface area contributed by atoms with Crippen molar-refractivity contribution < 1.29 is 4.79 Å². The largest absolute Gasteiger partial charge is 0.354 e. The van der Waals surface area contributed by atoms with Crippen LogP contribution < -0.4 is 10.6 Å². The van der Waals surface area contributed by atoms with Crippen LogP contribution in [0, 0.1) is 5.92 Å². The summed E-state index contributed by atoms with van der Waals surface area (Å²) in [5, 5.41) is 6.28. The van der Waals surface area contributed by atoms with Crippen LogP contribution >= 0.6 is 0 Å². The predicted molar refractivity (Wildman–Crippen MR) is 72.0 cm³/mol. The monoisotopic (exact) mass is 240 g/mol. The summed E-state index contributed by atoms with van der Waals surface area (Å²) in [6, 6.07) is 0.254. The van der Waals surface area contributed by atoms with E-state index in [1.807, 2.05) is 13.8 Å². The maximum atomic E-state index is 11.4. The molecule has 1 amide bonds. The number of hydrogen-bond donors (Lipinski definition) is 2. The highest BCUT2D eigenvalue weighted by Gasteiger charge is 2.12. The Bertz CT molecular complexity index is 210. The van der Waals surface area contributed by atoms with Gasteiger partial charge in [-0.3, -0.25) is 4.79 Å². The first-order valence-corrected chi connectivity index (χ1v) is 7.18. The van der Waals surface area contributed by atoms with Crippen LogP contribution in [0.15, 0.2) is 0 Å². The Labute approximate surface area is 106 Å². The third-order valence-electron chi connectivity index (χ3n) is 3.43. The molecule has 0 aromatic heterocycles. The molecule has 1 aliphatic carbocycles. The quantitative estimate of drug-likeness (QED) is 0.671. The van der Waals surface area contributed by atoms with Gasteiger partial charge in [-0.2, -0.15) is 0 Å². The minimum Gasteiger partial charge on any atom is -0.354 e. The second-order valence-corrected chi connectivity index (χ2v) is 5.51. The van der Waals surface area contributed by atoms with Crippen molar-refractivity contribution in [3.63, 3.8) is 0 Å². The smallest absolute Gasteiger partial charge is 0.221 e. The first kappa shape index (κ1) is 14.5. The number of amides is 1. The van der Waals surface area contributed by atoms with Crippen LogP contribution in [0.4, 0.5) is 0 Å². The van der Waals surface area contributed by atoms with Crippen LogP contribution in [0.25, 0.3) is 0 Å². The second-order valence-electron chi connectivity index (χ2n) is 5.51. The van der Waals surface area contributed by atoms with Gasteiger partial charge >= 0.3 is 0 Å². The summed E-state index contributed by atoms with van der Waals surface area (Å²) in [5.74, 6) is 1.09. The molecule has 3 heteroatoms. The zero-order chi connectivity index (χ0) is 12.5. The Morgan fingerprint density at radius 3 is 2.53 bits per heavy atom. The minimum atomic E-state index is 0.158. The van der Waals surface area contributed by atoms with Gasteiger partial charge in [0.1, 0.15) is 0 Å². The van der Waals surface area contributed by atoms with Gasteiger partial charge in [0.15, 0.2) is 0 Å². The van der Waals surface area contributed by atoms with E-state index in [1.54, 1.807) is 0 Å². The van der Waals surface area contributed by atoms with E-state index in [0.717, 1.165) is 19.0 Å². The molecule has 0 radical (unpaired) electrons. The third kappa shape index (κ3) is 7.37. The number of carbonyl (C=O) groups excluding carboxylic acids is 1. The van der Waals surface area contributed by atoms with Crippen molar-refractivity contribution in [3.05, 3.63) is 0 Å². The molecule has 0 aromatic carbocycles. The van der Waals surface area contributed by atoms with Gasteiger partial charge in [0.2, 0.25) is 5.91 Å². The first-order valence-electron chi connectivity index (χ1n) is 7.18. The molecule has 0 atom stereocenters. The molecule has 0 spiro atoms. The lowest BCUT2D eigenvalue weighted by Gasteiger charge is -2.21. The summed E-state index contributed by atoms with van der Waals surface area (Å²) in [6.45, 7) is 5.87. The molecule has 1 saturated carbocycles. The van der Waals surface area contributed by atoms with Crippen molar-refractivity contribution in [3.8, 4) is 0 Å². The highest BCUT2D eigenvalue weighted by molar-refractivity contribution is 5.76. The van der Waals surface area contributed by atoms with Crippen molar-refractivity contribution in [1.29, 1.82) is 0 Å². The van der Waals surface area contributed by atoms with Gasteiger partial charge in [-0.1, -0.05) is 32.1 Å². The van der Waals surface area contributed by atoms with Crippen molar-refractivity contribution in [1.82, 2.24) is 10.6 Å². The standard InChI is InChI=1S/C14H28N2O/c1-12(2)16-14(17)9-11-15-10-8-13-6-4-3-5-7-13/h12-13,15H,3-11H2,1-2H3,(H,16,17). The summed E-state index contributed by atoms with van der Waals surface area (Å²) < 4.78 is 0. The van der Waals surface area contributed by atoms with Crippen LogP contribution in [-0.2, 0) is 4.79 Å². The summed E-state index contributed by atoms with van der Waals surface area (Å²) in [4.78, 5) is 11.4. The van der Waals surface area contributed by atoms with Gasteiger partial charge in [-0.25, -0.2) is 0 Å². The highest BCUT2D eigenvalue weighted by atomic mass is 16.1. The summed E-state index contributed by atoms with van der Waals surface area (Å²) in [6.07, 6.45) is 8.97. The molecule has 3 nitrogen and oxygen atoms in total. The Kier molecular flexibility index (Phi) is 7.25. The molecular formula is C14H28N2O. The lowest BCUT2D eigenvalue weighted by Crippen LogP contribution is -2.32. The Morgan fingerprint density at radius 1 is 1.18 bits per heavy atom. The number of nitrogens with one attached hydrogen (secondary N) is 2. The number of carbonyl (C=O) groups is 1. The van der Waals surface area contributed by atoms with Crippen LogP contribution in [-0.4, -0.2) is 25.0 Å². The summed E-state index contributed by atoms with van der Waals surface area (Å²) >= 11 is 0. The van der Waals surface area contributed by atoms with E-state index in [1.165, 1.54) is 38.5 Å². The Morgan fingerprint density at radius 2 is 1.88 bits per heavy atom. The first-order chi connectivity index (χ1) is 8.18. The van der Waals surface area contributed by atoms with E-state index in [0.29, 0.717) is 6.42 Å². The van der Waals surface area contributed by atoms with Crippen LogP contribution in [0.5, 0.6) is 0 Å².